The molecule has 0 rings (SSSR count). The van der Waals surface area contributed by atoms with Crippen molar-refractivity contribution in [3.8, 4) is 0 Å². The Balaban J connectivity index is 3.36. The molecule has 2 atom stereocenters. The first-order valence-corrected chi connectivity index (χ1v) is 5.87. The van der Waals surface area contributed by atoms with Crippen molar-refractivity contribution in [2.45, 2.75) is 64.1 Å². The van der Waals surface area contributed by atoms with Crippen LogP contribution in [0.3, 0.4) is 0 Å². The summed E-state index contributed by atoms with van der Waals surface area (Å²) in [6.45, 7) is 2.16. The van der Waals surface area contributed by atoms with Crippen LogP contribution in [0.25, 0.3) is 0 Å². The lowest BCUT2D eigenvalue weighted by atomic mass is 10.0. The highest BCUT2D eigenvalue weighted by Gasteiger charge is 2.06. The minimum absolute atomic E-state index is 0.316. The number of aliphatic hydroxyl groups is 3. The number of rotatable bonds is 9. The van der Waals surface area contributed by atoms with E-state index in [1.165, 1.54) is 25.3 Å². The molecule has 0 aromatic carbocycles. The van der Waals surface area contributed by atoms with Gasteiger partial charge in [-0.3, -0.25) is 0 Å². The molecule has 0 saturated carbocycles. The number of unbranched alkanes of at least 4 members (excludes halogenated alkanes) is 3. The van der Waals surface area contributed by atoms with E-state index < -0.39 is 6.10 Å². The molecule has 0 bridgehead atoms. The van der Waals surface area contributed by atoms with Crippen LogP contribution < -0.4 is 0 Å². The van der Waals surface area contributed by atoms with E-state index in [9.17, 15) is 10.2 Å². The van der Waals surface area contributed by atoms with E-state index in [-0.39, 0.29) is 6.10 Å². The summed E-state index contributed by atoms with van der Waals surface area (Å²) in [4.78, 5) is 0. The van der Waals surface area contributed by atoms with E-state index in [1.54, 1.807) is 0 Å². The summed E-state index contributed by atoms with van der Waals surface area (Å²) in [5, 5.41) is 27.2. The van der Waals surface area contributed by atoms with E-state index in [2.05, 4.69) is 6.92 Å². The van der Waals surface area contributed by atoms with Crippen LogP contribution in [-0.4, -0.2) is 27.5 Å². The van der Waals surface area contributed by atoms with Gasteiger partial charge in [0.1, 0.15) is 0 Å². The molecule has 3 N–H and O–H groups in total. The van der Waals surface area contributed by atoms with Crippen molar-refractivity contribution < 1.29 is 15.3 Å². The highest BCUT2D eigenvalue weighted by molar-refractivity contribution is 4.81. The van der Waals surface area contributed by atoms with Crippen LogP contribution in [0.4, 0.5) is 0 Å². The zero-order chi connectivity index (χ0) is 11.5. The van der Waals surface area contributed by atoms with Crippen LogP contribution in [0.2, 0.25) is 0 Å². The van der Waals surface area contributed by atoms with E-state index in [0.717, 1.165) is 19.1 Å². The summed E-state index contributed by atoms with van der Waals surface area (Å²) in [5.41, 5.74) is 0. The van der Waals surface area contributed by atoms with Gasteiger partial charge in [-0.25, -0.2) is 0 Å². The quantitative estimate of drug-likeness (QED) is 0.410. The molecule has 0 radical (unpaired) electrons. The van der Waals surface area contributed by atoms with Crippen LogP contribution >= 0.6 is 0 Å². The minimum Gasteiger partial charge on any atom is -0.516 e. The average molecular weight is 216 g/mol. The molecule has 0 spiro atoms. The number of hydrogen-bond donors (Lipinski definition) is 3. The van der Waals surface area contributed by atoms with Crippen molar-refractivity contribution >= 4 is 0 Å². The van der Waals surface area contributed by atoms with Gasteiger partial charge < -0.3 is 15.3 Å². The van der Waals surface area contributed by atoms with Crippen molar-refractivity contribution in [2.75, 3.05) is 0 Å². The summed E-state index contributed by atoms with van der Waals surface area (Å²) >= 11 is 0. The van der Waals surface area contributed by atoms with Gasteiger partial charge in [0.15, 0.2) is 0 Å². The standard InChI is InChI=1S/C12H24O3/c1-2-3-4-5-6-11(14)7-8-12(15)9-10-13/h9-15H,2-8H2,1H3. The lowest BCUT2D eigenvalue weighted by Gasteiger charge is -2.11. The second-order valence-corrected chi connectivity index (χ2v) is 3.99. The van der Waals surface area contributed by atoms with Crippen molar-refractivity contribution in [3.05, 3.63) is 12.3 Å². The summed E-state index contributed by atoms with van der Waals surface area (Å²) in [7, 11) is 0. The maximum Gasteiger partial charge on any atom is 0.0777 e. The average Bonchev–Trinajstić information content (AvgIpc) is 2.22. The highest BCUT2D eigenvalue weighted by Crippen LogP contribution is 2.11. The molecule has 15 heavy (non-hydrogen) atoms. The van der Waals surface area contributed by atoms with Gasteiger partial charge >= 0.3 is 0 Å². The fraction of sp³-hybridized carbons (Fsp3) is 0.833. The Hall–Kier alpha value is -0.540. The Morgan fingerprint density at radius 3 is 2.33 bits per heavy atom. The first-order chi connectivity index (χ1) is 7.20. The third-order valence-corrected chi connectivity index (χ3v) is 2.49. The molecule has 2 unspecified atom stereocenters. The molecule has 0 aromatic rings. The molecule has 0 aliphatic heterocycles. The Kier molecular flexibility index (Phi) is 9.63. The van der Waals surface area contributed by atoms with Crippen molar-refractivity contribution in [2.24, 2.45) is 0 Å². The summed E-state index contributed by atoms with van der Waals surface area (Å²) in [6, 6.07) is 0. The van der Waals surface area contributed by atoms with Crippen molar-refractivity contribution in [1.29, 1.82) is 0 Å². The predicted molar refractivity (Wildman–Crippen MR) is 61.8 cm³/mol. The van der Waals surface area contributed by atoms with Gasteiger partial charge in [-0.15, -0.1) is 0 Å². The van der Waals surface area contributed by atoms with Gasteiger partial charge in [0.2, 0.25) is 0 Å². The van der Waals surface area contributed by atoms with Crippen LogP contribution in [0.5, 0.6) is 0 Å². The first kappa shape index (κ1) is 14.5. The van der Waals surface area contributed by atoms with Gasteiger partial charge in [-0.05, 0) is 25.3 Å². The van der Waals surface area contributed by atoms with Gasteiger partial charge in [0.05, 0.1) is 18.5 Å². The van der Waals surface area contributed by atoms with E-state index in [0.29, 0.717) is 12.8 Å². The maximum absolute atomic E-state index is 9.57. The molecule has 0 heterocycles. The Bertz CT molecular complexity index is 157. The summed E-state index contributed by atoms with van der Waals surface area (Å²) < 4.78 is 0. The Morgan fingerprint density at radius 2 is 1.73 bits per heavy atom. The molecule has 0 aliphatic carbocycles. The molecule has 3 nitrogen and oxygen atoms in total. The predicted octanol–water partition coefficient (Wildman–Crippen LogP) is 2.53. The molecule has 90 valence electrons. The van der Waals surface area contributed by atoms with Crippen LogP contribution in [-0.2, 0) is 0 Å². The SMILES string of the molecule is CCCCCCC(O)CCC(O)C=CO. The minimum atomic E-state index is -0.639. The molecule has 3 heteroatoms. The van der Waals surface area contributed by atoms with Crippen molar-refractivity contribution in [3.63, 3.8) is 0 Å². The third-order valence-electron chi connectivity index (χ3n) is 2.49. The van der Waals surface area contributed by atoms with E-state index in [1.807, 2.05) is 0 Å². The topological polar surface area (TPSA) is 60.7 Å². The fourth-order valence-electron chi connectivity index (χ4n) is 1.51. The molecular formula is C12H24O3. The lowest BCUT2D eigenvalue weighted by Crippen LogP contribution is -2.11. The fourth-order valence-corrected chi connectivity index (χ4v) is 1.51. The van der Waals surface area contributed by atoms with E-state index >= 15 is 0 Å². The summed E-state index contributed by atoms with van der Waals surface area (Å²) in [5.74, 6) is 0. The molecule has 0 saturated heterocycles. The molecule has 0 fully saturated rings. The zero-order valence-corrected chi connectivity index (χ0v) is 9.60. The van der Waals surface area contributed by atoms with Crippen molar-refractivity contribution in [1.82, 2.24) is 0 Å². The second kappa shape index (κ2) is 9.99. The monoisotopic (exact) mass is 216 g/mol. The molecule has 0 amide bonds. The second-order valence-electron chi connectivity index (χ2n) is 3.99. The van der Waals surface area contributed by atoms with Crippen LogP contribution in [0.15, 0.2) is 12.3 Å². The number of aliphatic hydroxyl groups excluding tert-OH is 3. The molecule has 0 aliphatic rings. The largest absolute Gasteiger partial charge is 0.516 e. The normalized spacial score (nSPS) is 15.7. The van der Waals surface area contributed by atoms with E-state index in [4.69, 9.17) is 5.11 Å². The van der Waals surface area contributed by atoms with Crippen LogP contribution in [0.1, 0.15) is 51.9 Å². The first-order valence-electron chi connectivity index (χ1n) is 5.87. The zero-order valence-electron chi connectivity index (χ0n) is 9.60. The molecular weight excluding hydrogens is 192 g/mol. The summed E-state index contributed by atoms with van der Waals surface area (Å²) in [6.07, 6.45) is 7.79. The Labute approximate surface area is 92.4 Å². The smallest absolute Gasteiger partial charge is 0.0777 e. The number of hydrogen-bond acceptors (Lipinski definition) is 3. The van der Waals surface area contributed by atoms with Gasteiger partial charge in [0.25, 0.3) is 0 Å². The van der Waals surface area contributed by atoms with Gasteiger partial charge in [-0.2, -0.15) is 0 Å². The molecule has 0 aromatic heterocycles. The maximum atomic E-state index is 9.57. The Morgan fingerprint density at radius 1 is 1.00 bits per heavy atom. The van der Waals surface area contributed by atoms with Gasteiger partial charge in [0, 0.05) is 0 Å². The van der Waals surface area contributed by atoms with Gasteiger partial charge in [-0.1, -0.05) is 32.6 Å². The highest BCUT2D eigenvalue weighted by atomic mass is 16.3. The lowest BCUT2D eigenvalue weighted by molar-refractivity contribution is 0.123. The third kappa shape index (κ3) is 9.76. The van der Waals surface area contributed by atoms with Crippen LogP contribution in [0, 0.1) is 0 Å².